The van der Waals surface area contributed by atoms with Gasteiger partial charge in [-0.05, 0) is 56.5 Å². The van der Waals surface area contributed by atoms with E-state index in [2.05, 4.69) is 11.0 Å². The van der Waals surface area contributed by atoms with Gasteiger partial charge < -0.3 is 9.84 Å². The minimum Gasteiger partial charge on any atom is -0.390 e. The van der Waals surface area contributed by atoms with Crippen molar-refractivity contribution in [1.82, 2.24) is 4.90 Å². The van der Waals surface area contributed by atoms with Gasteiger partial charge in [0.1, 0.15) is 5.82 Å². The summed E-state index contributed by atoms with van der Waals surface area (Å²) < 4.78 is 19.1. The summed E-state index contributed by atoms with van der Waals surface area (Å²) in [6.07, 6.45) is 2.70. The summed E-state index contributed by atoms with van der Waals surface area (Å²) >= 11 is 0. The van der Waals surface area contributed by atoms with Crippen LogP contribution in [0.2, 0.25) is 0 Å². The highest BCUT2D eigenvalue weighted by molar-refractivity contribution is 5.37. The molecule has 5 heteroatoms. The number of nitriles is 1. The maximum Gasteiger partial charge on any atom is 0.123 e. The number of rotatable bonds is 3. The molecule has 4 nitrogen and oxygen atoms in total. The molecule has 0 aliphatic carbocycles. The summed E-state index contributed by atoms with van der Waals surface area (Å²) in [7, 11) is 0. The summed E-state index contributed by atoms with van der Waals surface area (Å²) in [5.41, 5.74) is 0.505. The number of hydrogen-bond acceptors (Lipinski definition) is 4. The Morgan fingerprint density at radius 2 is 2.35 bits per heavy atom. The van der Waals surface area contributed by atoms with E-state index in [1.807, 2.05) is 6.92 Å². The van der Waals surface area contributed by atoms with E-state index in [-0.39, 0.29) is 17.8 Å². The quantitative estimate of drug-likeness (QED) is 0.930. The highest BCUT2D eigenvalue weighted by Crippen LogP contribution is 2.36. The molecule has 0 spiro atoms. The largest absolute Gasteiger partial charge is 0.390 e. The van der Waals surface area contributed by atoms with Crippen molar-refractivity contribution in [2.75, 3.05) is 19.8 Å². The van der Waals surface area contributed by atoms with Crippen LogP contribution in [-0.2, 0) is 11.3 Å². The van der Waals surface area contributed by atoms with Gasteiger partial charge in [0, 0.05) is 25.1 Å². The summed E-state index contributed by atoms with van der Waals surface area (Å²) in [5.74, 6) is -0.263. The van der Waals surface area contributed by atoms with Crippen molar-refractivity contribution < 1.29 is 14.2 Å². The van der Waals surface area contributed by atoms with Gasteiger partial charge in [0.05, 0.1) is 23.8 Å². The van der Waals surface area contributed by atoms with Gasteiger partial charge in [0.2, 0.25) is 0 Å². The number of likely N-dealkylation sites (tertiary alicyclic amines) is 1. The van der Waals surface area contributed by atoms with Crippen molar-refractivity contribution in [3.63, 3.8) is 0 Å². The highest BCUT2D eigenvalue weighted by Gasteiger charge is 2.44. The van der Waals surface area contributed by atoms with E-state index in [0.29, 0.717) is 31.7 Å². The smallest absolute Gasteiger partial charge is 0.123 e. The first-order valence-electron chi connectivity index (χ1n) is 8.24. The molecule has 0 saturated carbocycles. The molecule has 2 saturated heterocycles. The molecule has 0 radical (unpaired) electrons. The molecule has 2 fully saturated rings. The van der Waals surface area contributed by atoms with Crippen LogP contribution in [0.15, 0.2) is 18.2 Å². The van der Waals surface area contributed by atoms with Crippen LogP contribution in [0.4, 0.5) is 4.39 Å². The Kier molecular flexibility index (Phi) is 4.67. The van der Waals surface area contributed by atoms with Gasteiger partial charge >= 0.3 is 0 Å². The molecule has 1 aromatic rings. The number of benzene rings is 1. The molecule has 23 heavy (non-hydrogen) atoms. The lowest BCUT2D eigenvalue weighted by atomic mass is 9.79. The summed E-state index contributed by atoms with van der Waals surface area (Å²) in [6, 6.07) is 6.66. The lowest BCUT2D eigenvalue weighted by molar-refractivity contribution is -0.123. The van der Waals surface area contributed by atoms with Crippen molar-refractivity contribution >= 4 is 0 Å². The molecule has 0 amide bonds. The van der Waals surface area contributed by atoms with E-state index >= 15 is 0 Å². The molecule has 2 aliphatic rings. The fourth-order valence-electron chi connectivity index (χ4n) is 3.90. The van der Waals surface area contributed by atoms with Gasteiger partial charge in [0.25, 0.3) is 0 Å². The number of ether oxygens (including phenoxy) is 1. The van der Waals surface area contributed by atoms with Crippen LogP contribution < -0.4 is 0 Å². The van der Waals surface area contributed by atoms with E-state index in [0.717, 1.165) is 24.9 Å². The fourth-order valence-corrected chi connectivity index (χ4v) is 3.90. The normalized spacial score (nSPS) is 31.9. The zero-order valence-electron chi connectivity index (χ0n) is 13.5. The van der Waals surface area contributed by atoms with Crippen LogP contribution in [-0.4, -0.2) is 41.4 Å². The second-order valence-electron chi connectivity index (χ2n) is 6.88. The van der Waals surface area contributed by atoms with Crippen molar-refractivity contribution in [3.8, 4) is 6.07 Å². The third-order valence-electron chi connectivity index (χ3n) is 5.29. The number of aliphatic hydroxyl groups is 1. The van der Waals surface area contributed by atoms with Crippen molar-refractivity contribution in [2.24, 2.45) is 5.92 Å². The highest BCUT2D eigenvalue weighted by atomic mass is 19.1. The second kappa shape index (κ2) is 6.56. The molecule has 124 valence electrons. The molecule has 3 atom stereocenters. The van der Waals surface area contributed by atoms with E-state index in [1.54, 1.807) is 0 Å². The number of hydrogen-bond donors (Lipinski definition) is 1. The number of nitrogens with zero attached hydrogens (tertiary/aromatic N) is 2. The van der Waals surface area contributed by atoms with Crippen LogP contribution >= 0.6 is 0 Å². The van der Waals surface area contributed by atoms with Crippen molar-refractivity contribution in [2.45, 2.75) is 44.4 Å². The van der Waals surface area contributed by atoms with Gasteiger partial charge in [-0.1, -0.05) is 0 Å². The van der Waals surface area contributed by atoms with Crippen LogP contribution in [0.1, 0.15) is 37.3 Å². The Bertz CT molecular complexity index is 612. The predicted octanol–water partition coefficient (Wildman–Crippen LogP) is 2.45. The van der Waals surface area contributed by atoms with Gasteiger partial charge in [0.15, 0.2) is 0 Å². The lowest BCUT2D eigenvalue weighted by Gasteiger charge is -2.43. The Morgan fingerprint density at radius 1 is 1.52 bits per heavy atom. The SMILES string of the molecule is C[C@]1(O)CCOC[C@@H]1[C@@H]1CCCN1Cc1cc(F)ccc1C#N. The van der Waals surface area contributed by atoms with Crippen LogP contribution in [0.5, 0.6) is 0 Å². The van der Waals surface area contributed by atoms with Gasteiger partial charge in [-0.2, -0.15) is 5.26 Å². The van der Waals surface area contributed by atoms with Crippen LogP contribution in [0.3, 0.4) is 0 Å². The van der Waals surface area contributed by atoms with E-state index < -0.39 is 5.60 Å². The zero-order valence-corrected chi connectivity index (χ0v) is 13.5. The molecule has 0 aromatic heterocycles. The van der Waals surface area contributed by atoms with Gasteiger partial charge in [-0.3, -0.25) is 4.90 Å². The topological polar surface area (TPSA) is 56.5 Å². The molecular weight excluding hydrogens is 295 g/mol. The van der Waals surface area contributed by atoms with Gasteiger partial charge in [-0.25, -0.2) is 4.39 Å². The molecule has 3 rings (SSSR count). The van der Waals surface area contributed by atoms with Crippen LogP contribution in [0, 0.1) is 23.1 Å². The third-order valence-corrected chi connectivity index (χ3v) is 5.29. The Balaban J connectivity index is 1.80. The van der Waals surface area contributed by atoms with E-state index in [1.165, 1.54) is 18.2 Å². The summed E-state index contributed by atoms with van der Waals surface area (Å²) in [5, 5.41) is 19.9. The average molecular weight is 318 g/mol. The molecule has 0 bridgehead atoms. The summed E-state index contributed by atoms with van der Waals surface area (Å²) in [6.45, 7) is 4.48. The fraction of sp³-hybridized carbons (Fsp3) is 0.611. The van der Waals surface area contributed by atoms with Gasteiger partial charge in [-0.15, -0.1) is 0 Å². The molecular formula is C18H23FN2O2. The zero-order chi connectivity index (χ0) is 16.4. The standard InChI is InChI=1S/C18H23FN2O2/c1-18(22)6-8-23-12-16(18)17-3-2-7-21(17)11-14-9-15(19)5-4-13(14)10-20/h4-5,9,16-17,22H,2-3,6-8,11-12H2,1H3/t16-,17+,18+/m1/s1. The lowest BCUT2D eigenvalue weighted by Crippen LogP contribution is -2.52. The average Bonchev–Trinajstić information content (AvgIpc) is 2.95. The Morgan fingerprint density at radius 3 is 3.09 bits per heavy atom. The maximum atomic E-state index is 13.5. The maximum absolute atomic E-state index is 13.5. The molecule has 0 unspecified atom stereocenters. The Labute approximate surface area is 136 Å². The second-order valence-corrected chi connectivity index (χ2v) is 6.88. The van der Waals surface area contributed by atoms with E-state index in [4.69, 9.17) is 4.74 Å². The van der Waals surface area contributed by atoms with E-state index in [9.17, 15) is 14.8 Å². The molecule has 2 aliphatic heterocycles. The summed E-state index contributed by atoms with van der Waals surface area (Å²) in [4.78, 5) is 2.27. The first-order chi connectivity index (χ1) is 11.0. The minimum absolute atomic E-state index is 0.0536. The number of halogens is 1. The minimum atomic E-state index is -0.731. The molecule has 1 N–H and O–H groups in total. The first kappa shape index (κ1) is 16.4. The monoisotopic (exact) mass is 318 g/mol. The predicted molar refractivity (Wildman–Crippen MR) is 84.1 cm³/mol. The van der Waals surface area contributed by atoms with Crippen molar-refractivity contribution in [1.29, 1.82) is 5.26 Å². The first-order valence-corrected chi connectivity index (χ1v) is 8.24. The molecule has 1 aromatic carbocycles. The van der Waals surface area contributed by atoms with Crippen LogP contribution in [0.25, 0.3) is 0 Å². The third kappa shape index (κ3) is 3.40. The Hall–Kier alpha value is -1.48. The molecule has 2 heterocycles. The van der Waals surface area contributed by atoms with Crippen molar-refractivity contribution in [3.05, 3.63) is 35.1 Å².